The normalized spacial score (nSPS) is 23.2. The highest BCUT2D eigenvalue weighted by Crippen LogP contribution is 2.42. The van der Waals surface area contributed by atoms with Crippen molar-refractivity contribution in [1.82, 2.24) is 14.7 Å². The molecule has 1 aromatic carbocycles. The number of nitrogens with zero attached hydrogens (tertiary/aromatic N) is 3. The maximum absolute atomic E-state index is 13.5. The van der Waals surface area contributed by atoms with E-state index in [1.54, 1.807) is 0 Å². The maximum Gasteiger partial charge on any atom is 0.308 e. The number of aliphatic carboxylic acids is 1. The molecule has 1 unspecified atom stereocenters. The largest absolute Gasteiger partial charge is 0.481 e. The van der Waals surface area contributed by atoms with Gasteiger partial charge >= 0.3 is 5.97 Å². The van der Waals surface area contributed by atoms with E-state index < -0.39 is 11.9 Å². The molecule has 2 amide bonds. The third kappa shape index (κ3) is 6.60. The number of amides is 2. The molecule has 9 nitrogen and oxygen atoms in total. The Balaban J connectivity index is 1.57. The third-order valence-corrected chi connectivity index (χ3v) is 8.23. The third-order valence-electron chi connectivity index (χ3n) is 8.23. The van der Waals surface area contributed by atoms with Gasteiger partial charge in [-0.3, -0.25) is 19.3 Å². The molecule has 2 fully saturated rings. The van der Waals surface area contributed by atoms with Crippen LogP contribution in [0.15, 0.2) is 18.2 Å². The van der Waals surface area contributed by atoms with E-state index in [2.05, 4.69) is 18.7 Å². The lowest BCUT2D eigenvalue weighted by molar-refractivity contribution is -0.144. The first-order valence-electron chi connectivity index (χ1n) is 14.3. The number of carboxylic acids is 1. The molecule has 0 bridgehead atoms. The number of hydrogen-bond acceptors (Lipinski definition) is 6. The number of carbonyl (C=O) groups is 3. The molecule has 210 valence electrons. The molecular weight excluding hydrogens is 486 g/mol. The minimum atomic E-state index is -0.869. The topological polar surface area (TPSA) is 99.6 Å². The molecule has 0 aromatic heterocycles. The lowest BCUT2D eigenvalue weighted by Crippen LogP contribution is -2.46. The number of carbonyl (C=O) groups excluding carboxylic acids is 2. The van der Waals surface area contributed by atoms with Gasteiger partial charge in [-0.05, 0) is 49.8 Å². The molecule has 9 heteroatoms. The summed E-state index contributed by atoms with van der Waals surface area (Å²) in [6.45, 7) is 7.74. The van der Waals surface area contributed by atoms with Crippen LogP contribution >= 0.6 is 0 Å². The highest BCUT2D eigenvalue weighted by Gasteiger charge is 2.47. The lowest BCUT2D eigenvalue weighted by Gasteiger charge is -2.32. The molecule has 3 atom stereocenters. The fourth-order valence-corrected chi connectivity index (χ4v) is 6.05. The van der Waals surface area contributed by atoms with Crippen LogP contribution in [0.3, 0.4) is 0 Å². The molecule has 0 aliphatic carbocycles. The average molecular weight is 530 g/mol. The Labute approximate surface area is 226 Å². The second-order valence-corrected chi connectivity index (χ2v) is 10.8. The van der Waals surface area contributed by atoms with Gasteiger partial charge in [0.2, 0.25) is 18.6 Å². The molecule has 1 N–H and O–H groups in total. The highest BCUT2D eigenvalue weighted by atomic mass is 16.7. The van der Waals surface area contributed by atoms with Crippen LogP contribution in [0.4, 0.5) is 0 Å². The van der Waals surface area contributed by atoms with E-state index in [9.17, 15) is 19.5 Å². The van der Waals surface area contributed by atoms with E-state index in [1.807, 2.05) is 28.0 Å². The molecule has 0 radical (unpaired) electrons. The number of unbranched alkanes of at least 4 members (excludes halogenated alkanes) is 2. The minimum absolute atomic E-state index is 0.0569. The summed E-state index contributed by atoms with van der Waals surface area (Å²) in [6.07, 6.45) is 6.90. The van der Waals surface area contributed by atoms with Crippen LogP contribution in [0.1, 0.15) is 76.7 Å². The minimum Gasteiger partial charge on any atom is -0.481 e. The maximum atomic E-state index is 13.5. The smallest absolute Gasteiger partial charge is 0.308 e. The first kappa shape index (κ1) is 28.2. The first-order valence-corrected chi connectivity index (χ1v) is 14.3. The molecule has 38 heavy (non-hydrogen) atoms. The predicted molar refractivity (Wildman–Crippen MR) is 143 cm³/mol. The first-order chi connectivity index (χ1) is 18.4. The number of hydrogen-bond donors (Lipinski definition) is 1. The van der Waals surface area contributed by atoms with Crippen LogP contribution in [-0.4, -0.2) is 89.7 Å². The van der Waals surface area contributed by atoms with Crippen LogP contribution in [0.5, 0.6) is 11.5 Å². The van der Waals surface area contributed by atoms with Crippen molar-refractivity contribution in [2.45, 2.75) is 77.2 Å². The van der Waals surface area contributed by atoms with Crippen LogP contribution in [0.2, 0.25) is 0 Å². The summed E-state index contributed by atoms with van der Waals surface area (Å²) in [5.74, 6) is -0.371. The van der Waals surface area contributed by atoms with Gasteiger partial charge in [-0.15, -0.1) is 0 Å². The lowest BCUT2D eigenvalue weighted by atomic mass is 9.84. The second-order valence-electron chi connectivity index (χ2n) is 10.8. The van der Waals surface area contributed by atoms with E-state index in [-0.39, 0.29) is 37.1 Å². The molecular formula is C29H43N3O6. The van der Waals surface area contributed by atoms with Gasteiger partial charge in [-0.1, -0.05) is 32.8 Å². The molecule has 3 aliphatic heterocycles. The molecule has 3 heterocycles. The van der Waals surface area contributed by atoms with Crippen molar-refractivity contribution in [3.05, 3.63) is 23.8 Å². The summed E-state index contributed by atoms with van der Waals surface area (Å²) in [4.78, 5) is 44.6. The number of fused-ring (bicyclic) bond motifs is 1. The number of carboxylic acid groups (broad SMARTS) is 1. The van der Waals surface area contributed by atoms with Crippen LogP contribution in [0, 0.1) is 5.92 Å². The number of ether oxygens (including phenoxy) is 2. The van der Waals surface area contributed by atoms with Crippen molar-refractivity contribution in [1.29, 1.82) is 0 Å². The van der Waals surface area contributed by atoms with Gasteiger partial charge in [0.05, 0.1) is 12.5 Å². The molecule has 4 rings (SSSR count). The number of rotatable bonds is 13. The zero-order valence-electron chi connectivity index (χ0n) is 22.9. The van der Waals surface area contributed by atoms with Crippen molar-refractivity contribution >= 4 is 17.8 Å². The quantitative estimate of drug-likeness (QED) is 0.416. The van der Waals surface area contributed by atoms with E-state index in [1.165, 1.54) is 0 Å². The van der Waals surface area contributed by atoms with Gasteiger partial charge in [0, 0.05) is 51.1 Å². The summed E-state index contributed by atoms with van der Waals surface area (Å²) in [7, 11) is 0. The summed E-state index contributed by atoms with van der Waals surface area (Å²) in [5.41, 5.74) is 0.879. The number of piperidine rings is 1. The SMILES string of the molecule is CCCCN(CCCC)C(=O)CN1C[C@H](c2ccc3c(c2)OCO3)C(C(=O)O)[C@@H]1CCN1CCCCC1=O. The van der Waals surface area contributed by atoms with Gasteiger partial charge < -0.3 is 24.4 Å². The highest BCUT2D eigenvalue weighted by molar-refractivity contribution is 5.79. The molecule has 2 saturated heterocycles. The average Bonchev–Trinajstić information content (AvgIpc) is 3.52. The van der Waals surface area contributed by atoms with Crippen molar-refractivity contribution in [2.75, 3.05) is 46.1 Å². The van der Waals surface area contributed by atoms with E-state index in [4.69, 9.17) is 9.47 Å². The second kappa shape index (κ2) is 13.3. The van der Waals surface area contributed by atoms with Crippen molar-refractivity contribution in [3.63, 3.8) is 0 Å². The summed E-state index contributed by atoms with van der Waals surface area (Å²) < 4.78 is 11.0. The Kier molecular flexibility index (Phi) is 9.88. The van der Waals surface area contributed by atoms with Gasteiger partial charge in [-0.25, -0.2) is 0 Å². The van der Waals surface area contributed by atoms with E-state index >= 15 is 0 Å². The molecule has 0 saturated carbocycles. The Morgan fingerprint density at radius 3 is 2.50 bits per heavy atom. The monoisotopic (exact) mass is 529 g/mol. The predicted octanol–water partition coefficient (Wildman–Crippen LogP) is 3.72. The van der Waals surface area contributed by atoms with Gasteiger partial charge in [-0.2, -0.15) is 0 Å². The summed E-state index contributed by atoms with van der Waals surface area (Å²) in [5, 5.41) is 10.4. The molecule has 1 aromatic rings. The van der Waals surface area contributed by atoms with Crippen molar-refractivity contribution in [3.8, 4) is 11.5 Å². The summed E-state index contributed by atoms with van der Waals surface area (Å²) >= 11 is 0. The molecule has 3 aliphatic rings. The number of benzene rings is 1. The zero-order valence-corrected chi connectivity index (χ0v) is 22.9. The van der Waals surface area contributed by atoms with Gasteiger partial charge in [0.1, 0.15) is 0 Å². The van der Waals surface area contributed by atoms with Crippen molar-refractivity contribution in [2.24, 2.45) is 5.92 Å². The molecule has 0 spiro atoms. The fourth-order valence-electron chi connectivity index (χ4n) is 6.05. The Morgan fingerprint density at radius 2 is 1.82 bits per heavy atom. The van der Waals surface area contributed by atoms with Crippen molar-refractivity contribution < 1.29 is 29.0 Å². The fraction of sp³-hybridized carbons (Fsp3) is 0.690. The van der Waals surface area contributed by atoms with Crippen LogP contribution in [-0.2, 0) is 14.4 Å². The standard InChI is InChI=1S/C29H43N3O6/c1-3-5-13-30(14-6-4-2)27(34)19-32-18-22(21-10-11-24-25(17-21)38-20-37-24)28(29(35)36)23(32)12-16-31-15-8-7-9-26(31)33/h10-11,17,22-23,28H,3-9,12-16,18-20H2,1-2H3,(H,35,36)/t22-,23+,28?/m1/s1. The number of likely N-dealkylation sites (tertiary alicyclic amines) is 2. The van der Waals surface area contributed by atoms with Gasteiger partial charge in [0.15, 0.2) is 11.5 Å². The summed E-state index contributed by atoms with van der Waals surface area (Å²) in [6, 6.07) is 5.29. The Morgan fingerprint density at radius 1 is 1.08 bits per heavy atom. The van der Waals surface area contributed by atoms with Gasteiger partial charge in [0.25, 0.3) is 0 Å². The van der Waals surface area contributed by atoms with E-state index in [0.717, 1.165) is 63.7 Å². The van der Waals surface area contributed by atoms with E-state index in [0.29, 0.717) is 37.4 Å². The Bertz CT molecular complexity index is 977. The zero-order chi connectivity index (χ0) is 27.1. The Hall–Kier alpha value is -2.81. The van der Waals surface area contributed by atoms with Crippen LogP contribution in [0.25, 0.3) is 0 Å². The van der Waals surface area contributed by atoms with Crippen LogP contribution < -0.4 is 9.47 Å².